The molecule has 0 aromatic heterocycles. The van der Waals surface area contributed by atoms with Crippen molar-refractivity contribution in [1.29, 1.82) is 0 Å². The summed E-state index contributed by atoms with van der Waals surface area (Å²) in [6.07, 6.45) is 0. The minimum absolute atomic E-state index is 0.117. The third kappa shape index (κ3) is 5.94. The highest BCUT2D eigenvalue weighted by molar-refractivity contribution is 9.10. The minimum atomic E-state index is -0.117. The Labute approximate surface area is 145 Å². The Morgan fingerprint density at radius 2 is 1.83 bits per heavy atom. The highest BCUT2D eigenvalue weighted by Gasteiger charge is 2.08. The van der Waals surface area contributed by atoms with Crippen LogP contribution in [0.3, 0.4) is 0 Å². The number of anilines is 2. The summed E-state index contributed by atoms with van der Waals surface area (Å²) in [6, 6.07) is 15.2. The molecular formula is C18H21BrN2O2. The van der Waals surface area contributed by atoms with Gasteiger partial charge in [0.2, 0.25) is 5.91 Å². The van der Waals surface area contributed by atoms with E-state index in [2.05, 4.69) is 40.4 Å². The van der Waals surface area contributed by atoms with Gasteiger partial charge in [-0.15, -0.1) is 0 Å². The first kappa shape index (κ1) is 17.3. The molecule has 0 radical (unpaired) electrons. The summed E-state index contributed by atoms with van der Waals surface area (Å²) < 4.78 is 6.74. The fraction of sp³-hybridized carbons (Fsp3) is 0.278. The van der Waals surface area contributed by atoms with Gasteiger partial charge in [0.15, 0.2) is 0 Å². The number of hydrogen-bond acceptors (Lipinski definition) is 3. The zero-order valence-corrected chi connectivity index (χ0v) is 14.9. The van der Waals surface area contributed by atoms with Crippen molar-refractivity contribution in [2.24, 2.45) is 5.92 Å². The quantitative estimate of drug-likeness (QED) is 0.745. The summed E-state index contributed by atoms with van der Waals surface area (Å²) in [5, 5.41) is 5.97. The largest absolute Gasteiger partial charge is 0.491 e. The average molecular weight is 377 g/mol. The standard InChI is InChI=1S/C18H21BrN2O2/c1-13(2)12-23-17-6-4-3-5-16(17)21-18(22)11-20-15-9-7-14(19)8-10-15/h3-10,13,20H,11-12H2,1-2H3,(H,21,22). The van der Waals surface area contributed by atoms with Gasteiger partial charge in [-0.25, -0.2) is 0 Å². The van der Waals surface area contributed by atoms with Crippen molar-refractivity contribution >= 4 is 33.2 Å². The summed E-state index contributed by atoms with van der Waals surface area (Å²) in [5.41, 5.74) is 1.59. The third-order valence-corrected chi connectivity index (χ3v) is 3.56. The first-order chi connectivity index (χ1) is 11.0. The third-order valence-electron chi connectivity index (χ3n) is 3.03. The van der Waals surface area contributed by atoms with Crippen LogP contribution in [0.1, 0.15) is 13.8 Å². The van der Waals surface area contributed by atoms with Gasteiger partial charge in [0.1, 0.15) is 5.75 Å². The number of carbonyl (C=O) groups is 1. The van der Waals surface area contributed by atoms with Gasteiger partial charge in [0.05, 0.1) is 18.8 Å². The smallest absolute Gasteiger partial charge is 0.243 e. The minimum Gasteiger partial charge on any atom is -0.491 e. The van der Waals surface area contributed by atoms with Crippen LogP contribution in [0.15, 0.2) is 53.0 Å². The lowest BCUT2D eigenvalue weighted by Crippen LogP contribution is -2.22. The lowest BCUT2D eigenvalue weighted by Gasteiger charge is -2.14. The molecule has 0 spiro atoms. The van der Waals surface area contributed by atoms with Gasteiger partial charge >= 0.3 is 0 Å². The van der Waals surface area contributed by atoms with Crippen molar-refractivity contribution in [3.8, 4) is 5.75 Å². The first-order valence-electron chi connectivity index (χ1n) is 7.55. The summed E-state index contributed by atoms with van der Waals surface area (Å²) >= 11 is 3.38. The van der Waals surface area contributed by atoms with Gasteiger partial charge in [0.25, 0.3) is 0 Å². The van der Waals surface area contributed by atoms with Crippen molar-refractivity contribution < 1.29 is 9.53 Å². The maximum Gasteiger partial charge on any atom is 0.243 e. The number of benzene rings is 2. The van der Waals surface area contributed by atoms with E-state index < -0.39 is 0 Å². The Morgan fingerprint density at radius 3 is 2.52 bits per heavy atom. The van der Waals surface area contributed by atoms with E-state index in [-0.39, 0.29) is 12.5 Å². The second kappa shape index (κ2) is 8.58. The molecule has 0 aliphatic heterocycles. The number of halogens is 1. The maximum atomic E-state index is 12.1. The lowest BCUT2D eigenvalue weighted by atomic mass is 10.2. The molecule has 0 atom stereocenters. The molecule has 122 valence electrons. The molecule has 2 aromatic rings. The summed E-state index contributed by atoms with van der Waals surface area (Å²) in [7, 11) is 0. The average Bonchev–Trinajstić information content (AvgIpc) is 2.53. The molecule has 2 aromatic carbocycles. The number of nitrogens with one attached hydrogen (secondary N) is 2. The second-order valence-electron chi connectivity index (χ2n) is 5.61. The molecule has 0 aliphatic carbocycles. The van der Waals surface area contributed by atoms with Crippen LogP contribution in [0.5, 0.6) is 5.75 Å². The van der Waals surface area contributed by atoms with Crippen molar-refractivity contribution in [3.05, 3.63) is 53.0 Å². The number of amides is 1. The summed E-state index contributed by atoms with van der Waals surface area (Å²) in [4.78, 5) is 12.1. The van der Waals surface area contributed by atoms with Gasteiger partial charge in [-0.2, -0.15) is 0 Å². The fourth-order valence-electron chi connectivity index (χ4n) is 1.90. The SMILES string of the molecule is CC(C)COc1ccccc1NC(=O)CNc1ccc(Br)cc1. The first-order valence-corrected chi connectivity index (χ1v) is 8.35. The van der Waals surface area contributed by atoms with E-state index in [9.17, 15) is 4.79 Å². The Morgan fingerprint density at radius 1 is 1.13 bits per heavy atom. The Kier molecular flexibility index (Phi) is 6.47. The molecule has 0 unspecified atom stereocenters. The van der Waals surface area contributed by atoms with Crippen LogP contribution in [-0.4, -0.2) is 19.1 Å². The van der Waals surface area contributed by atoms with Gasteiger partial charge in [-0.05, 0) is 42.3 Å². The molecule has 0 saturated heterocycles. The Balaban J connectivity index is 1.90. The zero-order chi connectivity index (χ0) is 16.7. The van der Waals surface area contributed by atoms with Crippen molar-refractivity contribution in [1.82, 2.24) is 0 Å². The second-order valence-corrected chi connectivity index (χ2v) is 6.53. The van der Waals surface area contributed by atoms with Crippen LogP contribution < -0.4 is 15.4 Å². The number of rotatable bonds is 7. The van der Waals surface area contributed by atoms with E-state index in [4.69, 9.17) is 4.74 Å². The van der Waals surface area contributed by atoms with Crippen LogP contribution in [0.25, 0.3) is 0 Å². The molecule has 0 bridgehead atoms. The van der Waals surface area contributed by atoms with Gasteiger partial charge in [0, 0.05) is 10.2 Å². The van der Waals surface area contributed by atoms with Crippen LogP contribution in [0, 0.1) is 5.92 Å². The normalized spacial score (nSPS) is 10.4. The van der Waals surface area contributed by atoms with Gasteiger partial charge < -0.3 is 15.4 Å². The molecule has 5 heteroatoms. The molecule has 1 amide bonds. The Hall–Kier alpha value is -2.01. The molecule has 0 aliphatic rings. The van der Waals surface area contributed by atoms with E-state index in [1.54, 1.807) is 0 Å². The highest BCUT2D eigenvalue weighted by atomic mass is 79.9. The number of carbonyl (C=O) groups excluding carboxylic acids is 1. The van der Waals surface area contributed by atoms with E-state index in [0.717, 1.165) is 10.2 Å². The van der Waals surface area contributed by atoms with Crippen LogP contribution in [-0.2, 0) is 4.79 Å². The topological polar surface area (TPSA) is 50.4 Å². The molecule has 0 saturated carbocycles. The molecule has 0 heterocycles. The van der Waals surface area contributed by atoms with Crippen molar-refractivity contribution in [2.45, 2.75) is 13.8 Å². The highest BCUT2D eigenvalue weighted by Crippen LogP contribution is 2.24. The predicted octanol–water partition coefficient (Wildman–Crippen LogP) is 4.53. The maximum absolute atomic E-state index is 12.1. The fourth-order valence-corrected chi connectivity index (χ4v) is 2.16. The van der Waals surface area contributed by atoms with Gasteiger partial charge in [-0.1, -0.05) is 41.9 Å². The number of hydrogen-bond donors (Lipinski definition) is 2. The van der Waals surface area contributed by atoms with E-state index in [0.29, 0.717) is 24.0 Å². The number of para-hydroxylation sites is 2. The predicted molar refractivity (Wildman–Crippen MR) is 98.0 cm³/mol. The summed E-state index contributed by atoms with van der Waals surface area (Å²) in [6.45, 7) is 4.98. The molecule has 2 rings (SSSR count). The van der Waals surface area contributed by atoms with E-state index in [1.165, 1.54) is 0 Å². The molecular weight excluding hydrogens is 356 g/mol. The molecule has 23 heavy (non-hydrogen) atoms. The van der Waals surface area contributed by atoms with E-state index >= 15 is 0 Å². The van der Waals surface area contributed by atoms with Crippen molar-refractivity contribution in [2.75, 3.05) is 23.8 Å². The molecule has 0 fully saturated rings. The van der Waals surface area contributed by atoms with Crippen LogP contribution in [0.2, 0.25) is 0 Å². The van der Waals surface area contributed by atoms with Gasteiger partial charge in [-0.3, -0.25) is 4.79 Å². The molecule has 4 nitrogen and oxygen atoms in total. The summed E-state index contributed by atoms with van der Waals surface area (Å²) in [5.74, 6) is 1.00. The van der Waals surface area contributed by atoms with Crippen molar-refractivity contribution in [3.63, 3.8) is 0 Å². The van der Waals surface area contributed by atoms with Crippen LogP contribution in [0.4, 0.5) is 11.4 Å². The number of ether oxygens (including phenoxy) is 1. The van der Waals surface area contributed by atoms with E-state index in [1.807, 2.05) is 48.5 Å². The van der Waals surface area contributed by atoms with Crippen LogP contribution >= 0.6 is 15.9 Å². The lowest BCUT2D eigenvalue weighted by molar-refractivity contribution is -0.114. The Bertz CT molecular complexity index is 642. The molecule has 2 N–H and O–H groups in total. The zero-order valence-electron chi connectivity index (χ0n) is 13.3. The monoisotopic (exact) mass is 376 g/mol.